The van der Waals surface area contributed by atoms with Gasteiger partial charge in [-0.3, -0.25) is 0 Å². The third kappa shape index (κ3) is 1.96. The van der Waals surface area contributed by atoms with Crippen LogP contribution in [0.3, 0.4) is 0 Å². The first-order valence-corrected chi connectivity index (χ1v) is 7.15. The minimum Gasteiger partial charge on any atom is -0.314 e. The summed E-state index contributed by atoms with van der Waals surface area (Å²) in [6, 6.07) is 0.603. The molecular formula is C12H17N3S. The first-order valence-electron chi connectivity index (χ1n) is 5.99. The molecule has 0 radical (unpaired) electrons. The van der Waals surface area contributed by atoms with Crippen LogP contribution in [-0.2, 0) is 17.9 Å². The molecule has 1 unspecified atom stereocenters. The summed E-state index contributed by atoms with van der Waals surface area (Å²) in [5.41, 5.74) is 3.86. The van der Waals surface area contributed by atoms with Crippen molar-refractivity contribution in [1.29, 1.82) is 0 Å². The summed E-state index contributed by atoms with van der Waals surface area (Å²) in [7, 11) is 0. The summed E-state index contributed by atoms with van der Waals surface area (Å²) in [6.45, 7) is 3.28. The number of fused-ring (bicyclic) bond motifs is 1. The molecule has 0 spiro atoms. The van der Waals surface area contributed by atoms with Crippen LogP contribution in [-0.4, -0.2) is 22.6 Å². The summed E-state index contributed by atoms with van der Waals surface area (Å²) < 4.78 is 0. The summed E-state index contributed by atoms with van der Waals surface area (Å²) in [4.78, 5) is 9.35. The third-order valence-electron chi connectivity index (χ3n) is 3.42. The summed E-state index contributed by atoms with van der Waals surface area (Å²) >= 11 is 1.95. The van der Waals surface area contributed by atoms with Gasteiger partial charge in [0.05, 0.1) is 5.69 Å². The largest absolute Gasteiger partial charge is 0.314 e. The Balaban J connectivity index is 1.82. The molecule has 4 heteroatoms. The quantitative estimate of drug-likeness (QED) is 0.848. The van der Waals surface area contributed by atoms with Crippen molar-refractivity contribution >= 4 is 11.8 Å². The minimum atomic E-state index is 0.603. The zero-order chi connectivity index (χ0) is 11.0. The van der Waals surface area contributed by atoms with Crippen molar-refractivity contribution in [2.75, 3.05) is 6.54 Å². The van der Waals surface area contributed by atoms with Crippen LogP contribution in [0, 0.1) is 6.92 Å². The van der Waals surface area contributed by atoms with Gasteiger partial charge in [0.25, 0.3) is 0 Å². The molecule has 3 heterocycles. The van der Waals surface area contributed by atoms with Crippen LogP contribution in [0.25, 0.3) is 0 Å². The first kappa shape index (κ1) is 10.5. The molecule has 0 bridgehead atoms. The van der Waals surface area contributed by atoms with Crippen molar-refractivity contribution in [2.45, 2.75) is 43.7 Å². The number of nitrogens with zero attached hydrogens (tertiary/aromatic N) is 2. The fourth-order valence-electron chi connectivity index (χ4n) is 2.52. The maximum absolute atomic E-state index is 4.71. The molecule has 1 fully saturated rings. The normalized spacial score (nSPS) is 23.7. The monoisotopic (exact) mass is 235 g/mol. The average Bonchev–Trinajstić information content (AvgIpc) is 2.87. The summed E-state index contributed by atoms with van der Waals surface area (Å²) in [6.07, 6.45) is 3.57. The van der Waals surface area contributed by atoms with Gasteiger partial charge in [-0.2, -0.15) is 11.8 Å². The van der Waals surface area contributed by atoms with Gasteiger partial charge in [-0.25, -0.2) is 9.97 Å². The second-order valence-electron chi connectivity index (χ2n) is 4.64. The summed E-state index contributed by atoms with van der Waals surface area (Å²) in [5, 5.41) is 3.51. The highest BCUT2D eigenvalue weighted by molar-refractivity contribution is 7.98. The molecule has 3 nitrogen and oxygen atoms in total. The van der Waals surface area contributed by atoms with Crippen molar-refractivity contribution in [2.24, 2.45) is 0 Å². The van der Waals surface area contributed by atoms with Crippen molar-refractivity contribution in [1.82, 2.24) is 15.3 Å². The molecule has 1 saturated heterocycles. The zero-order valence-corrected chi connectivity index (χ0v) is 10.4. The number of nitrogens with one attached hydrogen (secondary N) is 1. The number of rotatable bonds is 2. The Bertz CT molecular complexity index is 399. The highest BCUT2D eigenvalue weighted by Crippen LogP contribution is 2.30. The van der Waals surface area contributed by atoms with E-state index in [1.165, 1.54) is 29.8 Å². The van der Waals surface area contributed by atoms with Gasteiger partial charge < -0.3 is 5.32 Å². The van der Waals surface area contributed by atoms with Crippen molar-refractivity contribution in [3.05, 3.63) is 22.8 Å². The Hall–Kier alpha value is -0.610. The number of hydrogen-bond acceptors (Lipinski definition) is 4. The van der Waals surface area contributed by atoms with E-state index in [0.717, 1.165) is 30.3 Å². The van der Waals surface area contributed by atoms with Gasteiger partial charge in [-0.1, -0.05) is 0 Å². The van der Waals surface area contributed by atoms with E-state index in [9.17, 15) is 0 Å². The number of thioether (sulfide) groups is 1. The second-order valence-corrected chi connectivity index (χ2v) is 5.63. The molecule has 1 aromatic rings. The van der Waals surface area contributed by atoms with Gasteiger partial charge in [-0.05, 0) is 26.3 Å². The van der Waals surface area contributed by atoms with Gasteiger partial charge in [0, 0.05) is 35.2 Å². The molecule has 0 aromatic carbocycles. The SMILES string of the molecule is Cc1nc(CC2CCCN2)nc2c1CSC2. The Labute approximate surface area is 100 Å². The second kappa shape index (κ2) is 4.34. The lowest BCUT2D eigenvalue weighted by molar-refractivity contribution is 0.582. The predicted molar refractivity (Wildman–Crippen MR) is 66.5 cm³/mol. The predicted octanol–water partition coefficient (Wildman–Crippen LogP) is 1.83. The highest BCUT2D eigenvalue weighted by Gasteiger charge is 2.20. The number of hydrogen-bond donors (Lipinski definition) is 1. The van der Waals surface area contributed by atoms with Crippen molar-refractivity contribution in [3.8, 4) is 0 Å². The van der Waals surface area contributed by atoms with E-state index in [1.54, 1.807) is 0 Å². The first-order chi connectivity index (χ1) is 7.83. The average molecular weight is 235 g/mol. The van der Waals surface area contributed by atoms with Crippen LogP contribution in [0.15, 0.2) is 0 Å². The Morgan fingerprint density at radius 2 is 2.31 bits per heavy atom. The third-order valence-corrected chi connectivity index (χ3v) is 4.39. The molecule has 0 saturated carbocycles. The van der Waals surface area contributed by atoms with Crippen LogP contribution in [0.5, 0.6) is 0 Å². The topological polar surface area (TPSA) is 37.8 Å². The number of aromatic nitrogens is 2. The Morgan fingerprint density at radius 1 is 1.38 bits per heavy atom. The number of aryl methyl sites for hydroxylation is 1. The fourth-order valence-corrected chi connectivity index (χ4v) is 3.63. The lowest BCUT2D eigenvalue weighted by atomic mass is 10.1. The fraction of sp³-hybridized carbons (Fsp3) is 0.667. The van der Waals surface area contributed by atoms with Crippen LogP contribution < -0.4 is 5.32 Å². The van der Waals surface area contributed by atoms with Crippen molar-refractivity contribution < 1.29 is 0 Å². The smallest absolute Gasteiger partial charge is 0.130 e. The minimum absolute atomic E-state index is 0.603. The highest BCUT2D eigenvalue weighted by atomic mass is 32.2. The molecule has 1 atom stereocenters. The Kier molecular flexibility index (Phi) is 2.86. The summed E-state index contributed by atoms with van der Waals surface area (Å²) in [5.74, 6) is 3.21. The molecule has 1 N–H and O–H groups in total. The lowest BCUT2D eigenvalue weighted by Crippen LogP contribution is -2.25. The van der Waals surface area contributed by atoms with E-state index in [-0.39, 0.29) is 0 Å². The van der Waals surface area contributed by atoms with Crippen LogP contribution in [0.1, 0.15) is 35.6 Å². The van der Waals surface area contributed by atoms with E-state index in [2.05, 4.69) is 17.2 Å². The molecule has 1 aromatic heterocycles. The van der Waals surface area contributed by atoms with E-state index in [0.29, 0.717) is 6.04 Å². The molecule has 2 aliphatic heterocycles. The Morgan fingerprint density at radius 3 is 3.12 bits per heavy atom. The standard InChI is InChI=1S/C12H17N3S/c1-8-10-6-16-7-11(10)15-12(14-8)5-9-3-2-4-13-9/h9,13H,2-7H2,1H3. The molecule has 16 heavy (non-hydrogen) atoms. The van der Waals surface area contributed by atoms with Crippen LogP contribution in [0.2, 0.25) is 0 Å². The van der Waals surface area contributed by atoms with Gasteiger partial charge in [0.1, 0.15) is 5.82 Å². The molecule has 2 aliphatic rings. The van der Waals surface area contributed by atoms with E-state index >= 15 is 0 Å². The zero-order valence-electron chi connectivity index (χ0n) is 9.62. The van der Waals surface area contributed by atoms with Crippen LogP contribution >= 0.6 is 11.8 Å². The van der Waals surface area contributed by atoms with E-state index in [4.69, 9.17) is 4.98 Å². The van der Waals surface area contributed by atoms with E-state index < -0.39 is 0 Å². The maximum atomic E-state index is 4.71. The molecule has 0 aliphatic carbocycles. The lowest BCUT2D eigenvalue weighted by Gasteiger charge is -2.11. The molecule has 3 rings (SSSR count). The van der Waals surface area contributed by atoms with Gasteiger partial charge in [0.15, 0.2) is 0 Å². The van der Waals surface area contributed by atoms with Crippen LogP contribution in [0.4, 0.5) is 0 Å². The molecule has 86 valence electrons. The van der Waals surface area contributed by atoms with Gasteiger partial charge in [-0.15, -0.1) is 0 Å². The van der Waals surface area contributed by atoms with Crippen molar-refractivity contribution in [3.63, 3.8) is 0 Å². The van der Waals surface area contributed by atoms with E-state index in [1.807, 2.05) is 11.8 Å². The molecule has 0 amide bonds. The van der Waals surface area contributed by atoms with Gasteiger partial charge >= 0.3 is 0 Å². The molecular weight excluding hydrogens is 218 g/mol. The van der Waals surface area contributed by atoms with Gasteiger partial charge in [0.2, 0.25) is 0 Å². The maximum Gasteiger partial charge on any atom is 0.130 e.